The van der Waals surface area contributed by atoms with E-state index in [0.717, 1.165) is 43.5 Å². The molecular weight excluding hydrogens is 246 g/mol. The van der Waals surface area contributed by atoms with Gasteiger partial charge < -0.3 is 15.0 Å². The maximum absolute atomic E-state index is 5.66. The van der Waals surface area contributed by atoms with Gasteiger partial charge in [-0.25, -0.2) is 4.98 Å². The quantitative estimate of drug-likeness (QED) is 0.910. The third kappa shape index (κ3) is 3.93. The first kappa shape index (κ1) is 13.8. The second-order valence-corrected chi connectivity index (χ2v) is 5.97. The van der Waals surface area contributed by atoms with Gasteiger partial charge in [-0.05, 0) is 13.3 Å². The zero-order chi connectivity index (χ0) is 13.0. The third-order valence-electron chi connectivity index (χ3n) is 2.95. The molecule has 102 valence electrons. The smallest absolute Gasteiger partial charge is 0.185 e. The predicted molar refractivity (Wildman–Crippen MR) is 76.3 cm³/mol. The van der Waals surface area contributed by atoms with E-state index in [2.05, 4.69) is 36.4 Å². The molecule has 1 N–H and O–H groups in total. The molecule has 0 saturated carbocycles. The van der Waals surface area contributed by atoms with Crippen molar-refractivity contribution in [3.63, 3.8) is 0 Å². The van der Waals surface area contributed by atoms with Gasteiger partial charge in [-0.2, -0.15) is 0 Å². The van der Waals surface area contributed by atoms with Gasteiger partial charge in [0.15, 0.2) is 5.13 Å². The Kier molecular flexibility index (Phi) is 4.97. The molecule has 0 spiro atoms. The summed E-state index contributed by atoms with van der Waals surface area (Å²) in [5.41, 5.74) is 1.14. The van der Waals surface area contributed by atoms with Crippen LogP contribution in [0.2, 0.25) is 0 Å². The van der Waals surface area contributed by atoms with E-state index >= 15 is 0 Å². The van der Waals surface area contributed by atoms with Gasteiger partial charge >= 0.3 is 0 Å². The number of nitrogens with zero attached hydrogens (tertiary/aromatic N) is 2. The average molecular weight is 269 g/mol. The summed E-state index contributed by atoms with van der Waals surface area (Å²) in [6, 6.07) is 0.502. The largest absolute Gasteiger partial charge is 0.377 e. The van der Waals surface area contributed by atoms with Crippen LogP contribution in [0.1, 0.15) is 32.9 Å². The number of hydrogen-bond donors (Lipinski definition) is 1. The van der Waals surface area contributed by atoms with E-state index in [1.54, 1.807) is 11.3 Å². The van der Waals surface area contributed by atoms with Crippen LogP contribution in [0, 0.1) is 0 Å². The van der Waals surface area contributed by atoms with Gasteiger partial charge in [0.05, 0.1) is 11.8 Å². The van der Waals surface area contributed by atoms with Crippen LogP contribution in [0.4, 0.5) is 5.13 Å². The Morgan fingerprint density at radius 3 is 3.22 bits per heavy atom. The molecule has 5 heteroatoms. The van der Waals surface area contributed by atoms with Gasteiger partial charge in [0.2, 0.25) is 0 Å². The van der Waals surface area contributed by atoms with Crippen LogP contribution >= 0.6 is 11.3 Å². The number of thiazole rings is 1. The molecule has 0 radical (unpaired) electrons. The van der Waals surface area contributed by atoms with Crippen LogP contribution in [-0.2, 0) is 11.3 Å². The Morgan fingerprint density at radius 2 is 2.44 bits per heavy atom. The molecule has 4 nitrogen and oxygen atoms in total. The summed E-state index contributed by atoms with van der Waals surface area (Å²) in [6.45, 7) is 10.2. The summed E-state index contributed by atoms with van der Waals surface area (Å²) in [7, 11) is 0. The molecule has 2 heterocycles. The maximum Gasteiger partial charge on any atom is 0.185 e. The molecule has 1 aliphatic heterocycles. The number of anilines is 1. The second kappa shape index (κ2) is 6.50. The van der Waals surface area contributed by atoms with E-state index in [9.17, 15) is 0 Å². The molecule has 1 aromatic heterocycles. The van der Waals surface area contributed by atoms with Gasteiger partial charge in [0.25, 0.3) is 0 Å². The van der Waals surface area contributed by atoms with E-state index in [4.69, 9.17) is 9.72 Å². The topological polar surface area (TPSA) is 37.4 Å². The first-order valence-electron chi connectivity index (χ1n) is 6.69. The molecule has 18 heavy (non-hydrogen) atoms. The minimum atomic E-state index is 0.300. The normalized spacial score (nSPS) is 21.3. The van der Waals surface area contributed by atoms with E-state index in [1.165, 1.54) is 0 Å². The highest BCUT2D eigenvalue weighted by Crippen LogP contribution is 2.22. The zero-order valence-corrected chi connectivity index (χ0v) is 12.3. The van der Waals surface area contributed by atoms with Crippen LogP contribution in [0.15, 0.2) is 5.38 Å². The van der Waals surface area contributed by atoms with Crippen LogP contribution in [-0.4, -0.2) is 36.8 Å². The van der Waals surface area contributed by atoms with Crippen LogP contribution < -0.4 is 10.2 Å². The van der Waals surface area contributed by atoms with Crippen molar-refractivity contribution in [2.24, 2.45) is 0 Å². The van der Waals surface area contributed by atoms with Gasteiger partial charge in [-0.1, -0.05) is 13.8 Å². The lowest BCUT2D eigenvalue weighted by atomic mass is 10.3. The fourth-order valence-electron chi connectivity index (χ4n) is 2.00. The highest BCUT2D eigenvalue weighted by molar-refractivity contribution is 7.13. The van der Waals surface area contributed by atoms with Crippen molar-refractivity contribution in [1.82, 2.24) is 10.3 Å². The molecule has 1 aliphatic rings. The van der Waals surface area contributed by atoms with Crippen molar-refractivity contribution >= 4 is 16.5 Å². The van der Waals surface area contributed by atoms with Gasteiger partial charge in [0, 0.05) is 37.7 Å². The number of ether oxygens (including phenoxy) is 1. The Bertz CT molecular complexity index is 367. The molecule has 1 aromatic rings. The minimum Gasteiger partial charge on any atom is -0.377 e. The predicted octanol–water partition coefficient (Wildman–Crippen LogP) is 2.26. The highest BCUT2D eigenvalue weighted by atomic mass is 32.1. The monoisotopic (exact) mass is 269 g/mol. The molecule has 1 atom stereocenters. The average Bonchev–Trinajstić information content (AvgIpc) is 2.69. The molecule has 1 fully saturated rings. The summed E-state index contributed by atoms with van der Waals surface area (Å²) >= 11 is 1.74. The molecule has 0 aromatic carbocycles. The van der Waals surface area contributed by atoms with Gasteiger partial charge in [-0.15, -0.1) is 11.3 Å². The molecule has 2 rings (SSSR count). The van der Waals surface area contributed by atoms with E-state index < -0.39 is 0 Å². The first-order valence-corrected chi connectivity index (χ1v) is 7.57. The fourth-order valence-corrected chi connectivity index (χ4v) is 2.86. The van der Waals surface area contributed by atoms with E-state index in [-0.39, 0.29) is 0 Å². The number of hydrogen-bond acceptors (Lipinski definition) is 5. The second-order valence-electron chi connectivity index (χ2n) is 5.14. The minimum absolute atomic E-state index is 0.300. The summed E-state index contributed by atoms with van der Waals surface area (Å²) < 4.78 is 5.66. The highest BCUT2D eigenvalue weighted by Gasteiger charge is 2.17. The summed E-state index contributed by atoms with van der Waals surface area (Å²) in [5.74, 6) is 0. The Morgan fingerprint density at radius 1 is 1.61 bits per heavy atom. The van der Waals surface area contributed by atoms with Crippen LogP contribution in [0.3, 0.4) is 0 Å². The van der Waals surface area contributed by atoms with E-state index in [1.807, 2.05) is 0 Å². The Labute approximate surface area is 113 Å². The summed E-state index contributed by atoms with van der Waals surface area (Å²) in [5, 5.41) is 6.69. The van der Waals surface area contributed by atoms with E-state index in [0.29, 0.717) is 12.1 Å². The molecule has 1 saturated heterocycles. The SMILES string of the molecule is CC(C)NCc1csc(N2CCCOC(C)C2)n1. The lowest BCUT2D eigenvalue weighted by Crippen LogP contribution is -2.30. The molecule has 1 unspecified atom stereocenters. The van der Waals surface area contributed by atoms with Gasteiger partial charge in [-0.3, -0.25) is 0 Å². The van der Waals surface area contributed by atoms with Gasteiger partial charge in [0.1, 0.15) is 0 Å². The molecule has 0 bridgehead atoms. The summed E-state index contributed by atoms with van der Waals surface area (Å²) in [6.07, 6.45) is 1.39. The Balaban J connectivity index is 1.95. The number of aromatic nitrogens is 1. The molecular formula is C13H23N3OS. The third-order valence-corrected chi connectivity index (χ3v) is 3.90. The fraction of sp³-hybridized carbons (Fsp3) is 0.769. The van der Waals surface area contributed by atoms with Crippen molar-refractivity contribution in [2.75, 3.05) is 24.6 Å². The van der Waals surface area contributed by atoms with Crippen LogP contribution in [0.5, 0.6) is 0 Å². The lowest BCUT2D eigenvalue weighted by molar-refractivity contribution is 0.0821. The lowest BCUT2D eigenvalue weighted by Gasteiger charge is -2.20. The Hall–Kier alpha value is -0.650. The van der Waals surface area contributed by atoms with Crippen LogP contribution in [0.25, 0.3) is 0 Å². The molecule has 0 aliphatic carbocycles. The first-order chi connectivity index (χ1) is 8.65. The van der Waals surface area contributed by atoms with Crippen molar-refractivity contribution in [1.29, 1.82) is 0 Å². The number of rotatable bonds is 4. The van der Waals surface area contributed by atoms with Crippen molar-refractivity contribution in [2.45, 2.75) is 45.9 Å². The zero-order valence-electron chi connectivity index (χ0n) is 11.5. The van der Waals surface area contributed by atoms with Crippen molar-refractivity contribution in [3.05, 3.63) is 11.1 Å². The molecule has 0 amide bonds. The van der Waals surface area contributed by atoms with Crippen molar-refractivity contribution in [3.8, 4) is 0 Å². The summed E-state index contributed by atoms with van der Waals surface area (Å²) in [4.78, 5) is 7.06. The maximum atomic E-state index is 5.66. The standard InChI is InChI=1S/C13H23N3OS/c1-10(2)14-7-12-9-18-13(15-12)16-5-4-6-17-11(3)8-16/h9-11,14H,4-8H2,1-3H3. The number of nitrogens with one attached hydrogen (secondary N) is 1. The van der Waals surface area contributed by atoms with Crippen molar-refractivity contribution < 1.29 is 4.74 Å².